The van der Waals surface area contributed by atoms with Gasteiger partial charge in [-0.2, -0.15) is 4.31 Å². The van der Waals surface area contributed by atoms with Crippen LogP contribution >= 0.6 is 11.6 Å². The second-order valence-electron chi connectivity index (χ2n) is 6.45. The van der Waals surface area contributed by atoms with Crippen molar-refractivity contribution in [2.24, 2.45) is 0 Å². The number of halogens is 1. The molecule has 10 heteroatoms. The van der Waals surface area contributed by atoms with Crippen molar-refractivity contribution in [1.82, 2.24) is 9.21 Å². The van der Waals surface area contributed by atoms with Gasteiger partial charge in [0, 0.05) is 44.7 Å². The summed E-state index contributed by atoms with van der Waals surface area (Å²) >= 11 is 6.25. The van der Waals surface area contributed by atoms with Gasteiger partial charge in [-0.25, -0.2) is 8.42 Å². The SMILES string of the molecule is CCS(=O)(=O)N1CCN(CC(=O)Nc2cc3c(cc2Cl)OCCCO3)CC1. The Kier molecular flexibility index (Phi) is 6.46. The van der Waals surface area contributed by atoms with Crippen molar-refractivity contribution in [3.05, 3.63) is 17.2 Å². The number of anilines is 1. The molecule has 1 aromatic rings. The topological polar surface area (TPSA) is 88.2 Å². The number of nitrogens with zero attached hydrogens (tertiary/aromatic N) is 2. The molecule has 8 nitrogen and oxygen atoms in total. The average Bonchev–Trinajstić information content (AvgIpc) is 2.87. The number of amides is 1. The van der Waals surface area contributed by atoms with Crippen molar-refractivity contribution in [1.29, 1.82) is 0 Å². The van der Waals surface area contributed by atoms with E-state index in [1.807, 2.05) is 4.90 Å². The van der Waals surface area contributed by atoms with E-state index in [4.69, 9.17) is 21.1 Å². The fourth-order valence-electron chi connectivity index (χ4n) is 3.02. The third kappa shape index (κ3) is 5.04. The van der Waals surface area contributed by atoms with Gasteiger partial charge in [0.15, 0.2) is 11.5 Å². The highest BCUT2D eigenvalue weighted by atomic mass is 35.5. The Morgan fingerprint density at radius 1 is 1.15 bits per heavy atom. The quantitative estimate of drug-likeness (QED) is 0.779. The molecular weight excluding hydrogens is 394 g/mol. The third-order valence-electron chi connectivity index (χ3n) is 4.57. The number of hydrogen-bond acceptors (Lipinski definition) is 6. The maximum atomic E-state index is 12.4. The van der Waals surface area contributed by atoms with Crippen LogP contribution in [0, 0.1) is 0 Å². The molecule has 0 bridgehead atoms. The second kappa shape index (κ2) is 8.64. The number of ether oxygens (including phenoxy) is 2. The molecule has 0 aliphatic carbocycles. The predicted octanol–water partition coefficient (Wildman–Crippen LogP) is 1.41. The highest BCUT2D eigenvalue weighted by Gasteiger charge is 2.26. The van der Waals surface area contributed by atoms with Crippen molar-refractivity contribution < 1.29 is 22.7 Å². The lowest BCUT2D eigenvalue weighted by atomic mass is 10.2. The van der Waals surface area contributed by atoms with Gasteiger partial charge in [0.1, 0.15) is 0 Å². The Morgan fingerprint density at radius 2 is 1.78 bits per heavy atom. The zero-order chi connectivity index (χ0) is 19.4. The van der Waals surface area contributed by atoms with E-state index < -0.39 is 10.0 Å². The minimum absolute atomic E-state index is 0.0934. The van der Waals surface area contributed by atoms with E-state index in [9.17, 15) is 13.2 Å². The van der Waals surface area contributed by atoms with Crippen LogP contribution in [0.5, 0.6) is 11.5 Å². The van der Waals surface area contributed by atoms with Crippen LogP contribution in [0.4, 0.5) is 5.69 Å². The molecule has 1 fully saturated rings. The molecule has 1 amide bonds. The number of hydrogen-bond donors (Lipinski definition) is 1. The van der Waals surface area contributed by atoms with Crippen molar-refractivity contribution in [3.63, 3.8) is 0 Å². The van der Waals surface area contributed by atoms with Crippen molar-refractivity contribution in [3.8, 4) is 11.5 Å². The molecule has 2 aliphatic heterocycles. The van der Waals surface area contributed by atoms with Crippen LogP contribution < -0.4 is 14.8 Å². The summed E-state index contributed by atoms with van der Waals surface area (Å²) in [5.74, 6) is 1.02. The van der Waals surface area contributed by atoms with Gasteiger partial charge in [0.2, 0.25) is 15.9 Å². The Morgan fingerprint density at radius 3 is 2.41 bits per heavy atom. The molecule has 1 N–H and O–H groups in total. The highest BCUT2D eigenvalue weighted by molar-refractivity contribution is 7.89. The zero-order valence-corrected chi connectivity index (χ0v) is 16.8. The van der Waals surface area contributed by atoms with Crippen molar-refractivity contribution >= 4 is 33.2 Å². The van der Waals surface area contributed by atoms with E-state index >= 15 is 0 Å². The number of fused-ring (bicyclic) bond motifs is 1. The van der Waals surface area contributed by atoms with E-state index in [-0.39, 0.29) is 18.2 Å². The molecule has 0 unspecified atom stereocenters. The molecule has 0 saturated carbocycles. The van der Waals surface area contributed by atoms with Crippen LogP contribution in [0.15, 0.2) is 12.1 Å². The maximum absolute atomic E-state index is 12.4. The lowest BCUT2D eigenvalue weighted by molar-refractivity contribution is -0.117. The van der Waals surface area contributed by atoms with Gasteiger partial charge in [0.25, 0.3) is 0 Å². The van der Waals surface area contributed by atoms with Crippen LogP contribution in [0.3, 0.4) is 0 Å². The third-order valence-corrected chi connectivity index (χ3v) is 6.76. The lowest BCUT2D eigenvalue weighted by Crippen LogP contribution is -2.50. The van der Waals surface area contributed by atoms with E-state index in [0.29, 0.717) is 61.6 Å². The normalized spacial score (nSPS) is 18.7. The minimum atomic E-state index is -3.18. The van der Waals surface area contributed by atoms with Crippen LogP contribution in [-0.2, 0) is 14.8 Å². The van der Waals surface area contributed by atoms with Crippen LogP contribution in [0.2, 0.25) is 5.02 Å². The molecule has 1 aromatic carbocycles. The molecule has 0 aromatic heterocycles. The van der Waals surface area contributed by atoms with Crippen molar-refractivity contribution in [2.45, 2.75) is 13.3 Å². The summed E-state index contributed by atoms with van der Waals surface area (Å²) in [6.07, 6.45) is 0.785. The van der Waals surface area contributed by atoms with Crippen LogP contribution in [0.1, 0.15) is 13.3 Å². The molecule has 3 rings (SSSR count). The number of sulfonamides is 1. The highest BCUT2D eigenvalue weighted by Crippen LogP contribution is 2.37. The fourth-order valence-corrected chi connectivity index (χ4v) is 4.31. The Hall–Kier alpha value is -1.55. The monoisotopic (exact) mass is 417 g/mol. The summed E-state index contributed by atoms with van der Waals surface area (Å²) < 4.78 is 36.5. The average molecular weight is 418 g/mol. The number of carbonyl (C=O) groups is 1. The summed E-state index contributed by atoms with van der Waals surface area (Å²) in [4.78, 5) is 14.3. The predicted molar refractivity (Wildman–Crippen MR) is 103 cm³/mol. The van der Waals surface area contributed by atoms with Gasteiger partial charge < -0.3 is 14.8 Å². The summed E-state index contributed by atoms with van der Waals surface area (Å²) in [6.45, 7) is 4.74. The summed E-state index contributed by atoms with van der Waals surface area (Å²) in [5.41, 5.74) is 0.470. The van der Waals surface area contributed by atoms with Gasteiger partial charge in [-0.15, -0.1) is 0 Å². The Balaban J connectivity index is 1.57. The van der Waals surface area contributed by atoms with Gasteiger partial charge in [-0.3, -0.25) is 9.69 Å². The second-order valence-corrected chi connectivity index (χ2v) is 9.12. The lowest BCUT2D eigenvalue weighted by Gasteiger charge is -2.33. The molecule has 0 radical (unpaired) electrons. The number of carbonyl (C=O) groups excluding carboxylic acids is 1. The summed E-state index contributed by atoms with van der Waals surface area (Å²) in [5, 5.41) is 3.18. The molecule has 1 saturated heterocycles. The van der Waals surface area contributed by atoms with E-state index in [0.717, 1.165) is 6.42 Å². The first-order chi connectivity index (χ1) is 12.9. The number of nitrogens with one attached hydrogen (secondary N) is 1. The van der Waals surface area contributed by atoms with Gasteiger partial charge >= 0.3 is 0 Å². The molecule has 0 atom stereocenters. The van der Waals surface area contributed by atoms with Crippen LogP contribution in [-0.4, -0.2) is 75.2 Å². The Bertz CT molecular complexity index is 794. The largest absolute Gasteiger partial charge is 0.490 e. The minimum Gasteiger partial charge on any atom is -0.490 e. The number of rotatable bonds is 5. The maximum Gasteiger partial charge on any atom is 0.238 e. The van der Waals surface area contributed by atoms with E-state index in [1.165, 1.54) is 4.31 Å². The van der Waals surface area contributed by atoms with Gasteiger partial charge in [0.05, 0.1) is 36.2 Å². The standard InChI is InChI=1S/C17H24ClN3O5S/c1-2-27(23,24)21-6-4-20(5-7-21)12-17(22)19-14-11-16-15(10-13(14)18)25-8-3-9-26-16/h10-11H,2-9,12H2,1H3,(H,19,22). The van der Waals surface area contributed by atoms with Crippen molar-refractivity contribution in [2.75, 3.05) is 57.0 Å². The molecule has 27 heavy (non-hydrogen) atoms. The molecule has 0 spiro atoms. The number of benzene rings is 1. The summed E-state index contributed by atoms with van der Waals surface area (Å²) in [7, 11) is -3.18. The zero-order valence-electron chi connectivity index (χ0n) is 15.2. The fraction of sp³-hybridized carbons (Fsp3) is 0.588. The Labute approximate surface area is 164 Å². The molecule has 2 aliphatic rings. The van der Waals surface area contributed by atoms with E-state index in [2.05, 4.69) is 5.32 Å². The van der Waals surface area contributed by atoms with Gasteiger partial charge in [-0.05, 0) is 6.92 Å². The smallest absolute Gasteiger partial charge is 0.238 e. The summed E-state index contributed by atoms with van der Waals surface area (Å²) in [6, 6.07) is 3.32. The molecule has 2 heterocycles. The van der Waals surface area contributed by atoms with Gasteiger partial charge in [-0.1, -0.05) is 11.6 Å². The van der Waals surface area contributed by atoms with E-state index in [1.54, 1.807) is 19.1 Å². The first kappa shape index (κ1) is 20.2. The first-order valence-electron chi connectivity index (χ1n) is 8.98. The number of piperazine rings is 1. The molecular formula is C17H24ClN3O5S. The first-order valence-corrected chi connectivity index (χ1v) is 11.0. The van der Waals surface area contributed by atoms with Crippen LogP contribution in [0.25, 0.3) is 0 Å². The molecule has 150 valence electrons.